The van der Waals surface area contributed by atoms with Gasteiger partial charge in [-0.15, -0.1) is 0 Å². The van der Waals surface area contributed by atoms with Gasteiger partial charge in [0.15, 0.2) is 0 Å². The molecule has 2 heteroatoms. The summed E-state index contributed by atoms with van der Waals surface area (Å²) in [6, 6.07) is 19.0. The molecule has 22 heavy (non-hydrogen) atoms. The SMILES string of the molecule is O=C(O)/C=C/C=C/CCCc1ccc(-c2ccccc2)cc1. The third-order valence-corrected chi connectivity index (χ3v) is 3.38. The van der Waals surface area contributed by atoms with Gasteiger partial charge in [-0.25, -0.2) is 4.79 Å². The number of hydrogen-bond donors (Lipinski definition) is 1. The van der Waals surface area contributed by atoms with Crippen LogP contribution in [0.25, 0.3) is 11.1 Å². The molecule has 0 aliphatic rings. The van der Waals surface area contributed by atoms with Crippen molar-refractivity contribution in [1.29, 1.82) is 0 Å². The summed E-state index contributed by atoms with van der Waals surface area (Å²) in [5, 5.41) is 8.45. The highest BCUT2D eigenvalue weighted by atomic mass is 16.4. The molecule has 112 valence electrons. The molecular weight excluding hydrogens is 272 g/mol. The summed E-state index contributed by atoms with van der Waals surface area (Å²) in [7, 11) is 0. The molecule has 0 aliphatic heterocycles. The molecule has 0 aliphatic carbocycles. The summed E-state index contributed by atoms with van der Waals surface area (Å²) in [5.41, 5.74) is 3.81. The van der Waals surface area contributed by atoms with E-state index in [-0.39, 0.29) is 0 Å². The van der Waals surface area contributed by atoms with E-state index in [4.69, 9.17) is 5.11 Å². The Kier molecular flexibility index (Phi) is 6.18. The van der Waals surface area contributed by atoms with Gasteiger partial charge in [0.05, 0.1) is 0 Å². The van der Waals surface area contributed by atoms with Gasteiger partial charge < -0.3 is 5.11 Å². The number of aliphatic carboxylic acids is 1. The number of carboxylic acids is 1. The fourth-order valence-corrected chi connectivity index (χ4v) is 2.23. The lowest BCUT2D eigenvalue weighted by molar-refractivity contribution is -0.131. The third-order valence-electron chi connectivity index (χ3n) is 3.38. The monoisotopic (exact) mass is 292 g/mol. The zero-order valence-electron chi connectivity index (χ0n) is 12.5. The average molecular weight is 292 g/mol. The molecule has 0 saturated carbocycles. The minimum Gasteiger partial charge on any atom is -0.478 e. The highest BCUT2D eigenvalue weighted by Crippen LogP contribution is 2.19. The normalized spacial score (nSPS) is 11.3. The van der Waals surface area contributed by atoms with Crippen molar-refractivity contribution in [3.63, 3.8) is 0 Å². The number of carbonyl (C=O) groups is 1. The second-order valence-electron chi connectivity index (χ2n) is 5.08. The summed E-state index contributed by atoms with van der Waals surface area (Å²) < 4.78 is 0. The maximum atomic E-state index is 10.3. The Morgan fingerprint density at radius 2 is 1.59 bits per heavy atom. The van der Waals surface area contributed by atoms with Crippen LogP contribution >= 0.6 is 0 Å². The van der Waals surface area contributed by atoms with E-state index in [1.165, 1.54) is 16.7 Å². The van der Waals surface area contributed by atoms with Crippen LogP contribution in [-0.4, -0.2) is 11.1 Å². The molecule has 0 atom stereocenters. The topological polar surface area (TPSA) is 37.3 Å². The van der Waals surface area contributed by atoms with Crippen LogP contribution in [0.2, 0.25) is 0 Å². The number of rotatable bonds is 7. The molecule has 0 fully saturated rings. The summed E-state index contributed by atoms with van der Waals surface area (Å²) in [5.74, 6) is -0.914. The maximum Gasteiger partial charge on any atom is 0.328 e. The fourth-order valence-electron chi connectivity index (χ4n) is 2.23. The predicted molar refractivity (Wildman–Crippen MR) is 90.7 cm³/mol. The second-order valence-corrected chi connectivity index (χ2v) is 5.08. The summed E-state index contributed by atoms with van der Waals surface area (Å²) in [6.45, 7) is 0. The Balaban J connectivity index is 1.79. The van der Waals surface area contributed by atoms with Crippen LogP contribution < -0.4 is 0 Å². The highest BCUT2D eigenvalue weighted by Gasteiger charge is 1.97. The standard InChI is InChI=1S/C20H20O2/c21-20(22)12-8-3-1-2-5-9-17-13-15-19(16-14-17)18-10-6-4-7-11-18/h1,3-4,6-8,10-16H,2,5,9H2,(H,21,22)/b3-1+,12-8+. The maximum absolute atomic E-state index is 10.3. The van der Waals surface area contributed by atoms with E-state index in [0.717, 1.165) is 25.3 Å². The first-order valence-electron chi connectivity index (χ1n) is 7.46. The van der Waals surface area contributed by atoms with E-state index in [9.17, 15) is 4.79 Å². The Morgan fingerprint density at radius 3 is 2.27 bits per heavy atom. The Hall–Kier alpha value is -2.61. The predicted octanol–water partition coefficient (Wildman–Crippen LogP) is 4.87. The lowest BCUT2D eigenvalue weighted by Crippen LogP contribution is -1.85. The van der Waals surface area contributed by atoms with Crippen molar-refractivity contribution in [3.05, 3.63) is 84.5 Å². The second kappa shape index (κ2) is 8.63. The number of unbranched alkanes of at least 4 members (excludes halogenated alkanes) is 1. The van der Waals surface area contributed by atoms with Gasteiger partial charge in [-0.3, -0.25) is 0 Å². The molecule has 0 unspecified atom stereocenters. The first kappa shape index (κ1) is 15.8. The first-order valence-corrected chi connectivity index (χ1v) is 7.46. The van der Waals surface area contributed by atoms with E-state index in [1.54, 1.807) is 12.2 Å². The van der Waals surface area contributed by atoms with Crippen LogP contribution in [-0.2, 0) is 11.2 Å². The van der Waals surface area contributed by atoms with Crippen LogP contribution in [0.3, 0.4) is 0 Å². The molecule has 0 aromatic heterocycles. The summed E-state index contributed by atoms with van der Waals surface area (Å²) in [6.07, 6.45) is 9.51. The molecule has 0 bridgehead atoms. The smallest absolute Gasteiger partial charge is 0.328 e. The van der Waals surface area contributed by atoms with Crippen molar-refractivity contribution in [2.45, 2.75) is 19.3 Å². The summed E-state index contributed by atoms with van der Waals surface area (Å²) in [4.78, 5) is 10.3. The zero-order chi connectivity index (χ0) is 15.6. The van der Waals surface area contributed by atoms with Crippen molar-refractivity contribution in [2.75, 3.05) is 0 Å². The van der Waals surface area contributed by atoms with E-state index in [0.29, 0.717) is 0 Å². The Labute approximate surface area is 131 Å². The number of aryl methyl sites for hydroxylation is 1. The number of hydrogen-bond acceptors (Lipinski definition) is 1. The van der Waals surface area contributed by atoms with Gasteiger partial charge in [-0.1, -0.05) is 72.8 Å². The number of allylic oxidation sites excluding steroid dienone is 3. The number of benzene rings is 2. The van der Waals surface area contributed by atoms with Crippen LogP contribution in [0.4, 0.5) is 0 Å². The van der Waals surface area contributed by atoms with Gasteiger partial charge in [0.1, 0.15) is 0 Å². The molecular formula is C20H20O2. The van der Waals surface area contributed by atoms with E-state index < -0.39 is 5.97 Å². The van der Waals surface area contributed by atoms with Gasteiger partial charge in [-0.05, 0) is 36.0 Å². The van der Waals surface area contributed by atoms with E-state index >= 15 is 0 Å². The van der Waals surface area contributed by atoms with Crippen molar-refractivity contribution in [3.8, 4) is 11.1 Å². The van der Waals surface area contributed by atoms with Gasteiger partial charge in [0.25, 0.3) is 0 Å². The summed E-state index contributed by atoms with van der Waals surface area (Å²) >= 11 is 0. The van der Waals surface area contributed by atoms with Crippen LogP contribution in [0.15, 0.2) is 78.9 Å². The van der Waals surface area contributed by atoms with Crippen molar-refractivity contribution in [1.82, 2.24) is 0 Å². The van der Waals surface area contributed by atoms with E-state index in [2.05, 4.69) is 36.4 Å². The lowest BCUT2D eigenvalue weighted by atomic mass is 10.0. The van der Waals surface area contributed by atoms with Crippen molar-refractivity contribution in [2.24, 2.45) is 0 Å². The molecule has 0 amide bonds. The Bertz CT molecular complexity index is 637. The quantitative estimate of drug-likeness (QED) is 0.449. The fraction of sp³-hybridized carbons (Fsp3) is 0.150. The molecule has 1 N–H and O–H groups in total. The third kappa shape index (κ3) is 5.41. The first-order chi connectivity index (χ1) is 10.8. The lowest BCUT2D eigenvalue weighted by Gasteiger charge is -2.04. The minimum absolute atomic E-state index is 0.914. The van der Waals surface area contributed by atoms with E-state index in [1.807, 2.05) is 24.3 Å². The molecule has 0 spiro atoms. The highest BCUT2D eigenvalue weighted by molar-refractivity contribution is 5.80. The van der Waals surface area contributed by atoms with Gasteiger partial charge in [0.2, 0.25) is 0 Å². The average Bonchev–Trinajstić information content (AvgIpc) is 2.55. The zero-order valence-corrected chi connectivity index (χ0v) is 12.5. The Morgan fingerprint density at radius 1 is 0.909 bits per heavy atom. The van der Waals surface area contributed by atoms with Crippen molar-refractivity contribution >= 4 is 5.97 Å². The molecule has 0 heterocycles. The van der Waals surface area contributed by atoms with Gasteiger partial charge >= 0.3 is 5.97 Å². The molecule has 2 aromatic rings. The molecule has 2 nitrogen and oxygen atoms in total. The van der Waals surface area contributed by atoms with Crippen molar-refractivity contribution < 1.29 is 9.90 Å². The van der Waals surface area contributed by atoms with Crippen LogP contribution in [0.1, 0.15) is 18.4 Å². The van der Waals surface area contributed by atoms with Gasteiger partial charge in [-0.2, -0.15) is 0 Å². The largest absolute Gasteiger partial charge is 0.478 e. The number of carboxylic acid groups (broad SMARTS) is 1. The van der Waals surface area contributed by atoms with Crippen LogP contribution in [0, 0.1) is 0 Å². The molecule has 2 rings (SSSR count). The minimum atomic E-state index is -0.914. The van der Waals surface area contributed by atoms with Gasteiger partial charge in [0, 0.05) is 6.08 Å². The van der Waals surface area contributed by atoms with Crippen LogP contribution in [0.5, 0.6) is 0 Å². The molecule has 2 aromatic carbocycles. The molecule has 0 saturated heterocycles. The molecule has 0 radical (unpaired) electrons.